The molecular weight excluding hydrogens is 328 g/mol. The highest BCUT2D eigenvalue weighted by Gasteiger charge is 2.17. The molecule has 1 N–H and O–H groups in total. The number of ketones is 1. The van der Waals surface area contributed by atoms with Crippen LogP contribution in [0.1, 0.15) is 25.3 Å². The summed E-state index contributed by atoms with van der Waals surface area (Å²) in [6.45, 7) is 5.03. The molecular formula is C18H20O7. The molecule has 0 aliphatic rings. The number of rotatable bonds is 9. The van der Waals surface area contributed by atoms with Crippen molar-refractivity contribution in [2.45, 2.75) is 19.8 Å². The number of carbonyl (C=O) groups is 3. The lowest BCUT2D eigenvalue weighted by Crippen LogP contribution is -2.10. The minimum Gasteiger partial charge on any atom is -0.493 e. The zero-order valence-corrected chi connectivity index (χ0v) is 14.3. The van der Waals surface area contributed by atoms with Crippen LogP contribution in [0, 0.1) is 0 Å². The van der Waals surface area contributed by atoms with Crippen LogP contribution in [-0.4, -0.2) is 37.0 Å². The van der Waals surface area contributed by atoms with Gasteiger partial charge in [-0.3, -0.25) is 9.59 Å². The molecule has 1 rings (SSSR count). The summed E-state index contributed by atoms with van der Waals surface area (Å²) in [6, 6.07) is 3.12. The summed E-state index contributed by atoms with van der Waals surface area (Å²) in [5, 5.41) is 8.57. The van der Waals surface area contributed by atoms with Crippen molar-refractivity contribution in [3.8, 4) is 17.2 Å². The number of carbonyl (C=O) groups excluding carboxylic acids is 2. The van der Waals surface area contributed by atoms with Gasteiger partial charge in [-0.2, -0.15) is 0 Å². The van der Waals surface area contributed by atoms with Crippen LogP contribution < -0.4 is 14.2 Å². The third-order valence-corrected chi connectivity index (χ3v) is 3.07. The van der Waals surface area contributed by atoms with Gasteiger partial charge in [-0.05, 0) is 30.7 Å². The first-order valence-corrected chi connectivity index (χ1v) is 7.35. The molecule has 0 spiro atoms. The largest absolute Gasteiger partial charge is 0.493 e. The highest BCUT2D eigenvalue weighted by atomic mass is 16.6. The molecule has 1 aromatic carbocycles. The third kappa shape index (κ3) is 6.14. The first-order valence-electron chi connectivity index (χ1n) is 7.35. The van der Waals surface area contributed by atoms with Gasteiger partial charge in [-0.1, -0.05) is 12.7 Å². The molecule has 0 saturated heterocycles. The summed E-state index contributed by atoms with van der Waals surface area (Å²) in [4.78, 5) is 33.8. The van der Waals surface area contributed by atoms with Crippen molar-refractivity contribution in [2.24, 2.45) is 0 Å². The molecule has 134 valence electrons. The fourth-order valence-corrected chi connectivity index (χ4v) is 1.78. The zero-order chi connectivity index (χ0) is 19.0. The molecule has 0 radical (unpaired) electrons. The van der Waals surface area contributed by atoms with Gasteiger partial charge in [0.2, 0.25) is 5.75 Å². The summed E-state index contributed by atoms with van der Waals surface area (Å²) >= 11 is 0. The Kier molecular flexibility index (Phi) is 7.40. The molecule has 0 aromatic heterocycles. The van der Waals surface area contributed by atoms with E-state index >= 15 is 0 Å². The first kappa shape index (κ1) is 20.0. The second kappa shape index (κ2) is 9.27. The van der Waals surface area contributed by atoms with E-state index in [0.717, 1.165) is 0 Å². The van der Waals surface area contributed by atoms with E-state index in [2.05, 4.69) is 6.58 Å². The highest BCUT2D eigenvalue weighted by Crippen LogP contribution is 2.39. The number of hydrogen-bond acceptors (Lipinski definition) is 6. The Hall–Kier alpha value is -3.09. The maximum atomic E-state index is 11.7. The number of carboxylic acids is 1. The smallest absolute Gasteiger partial charge is 0.338 e. The SMILES string of the molecule is C=C(C)C(=O)Oc1c(OC)cc(C=CC(=O)CCC(=O)O)cc1OC. The van der Waals surface area contributed by atoms with Crippen molar-refractivity contribution in [1.29, 1.82) is 0 Å². The molecule has 0 fully saturated rings. The Morgan fingerprint density at radius 3 is 2.12 bits per heavy atom. The van der Waals surface area contributed by atoms with Crippen LogP contribution >= 0.6 is 0 Å². The molecule has 0 unspecified atom stereocenters. The van der Waals surface area contributed by atoms with Crippen molar-refractivity contribution in [3.05, 3.63) is 35.9 Å². The van der Waals surface area contributed by atoms with Gasteiger partial charge in [-0.25, -0.2) is 4.79 Å². The monoisotopic (exact) mass is 348 g/mol. The molecule has 25 heavy (non-hydrogen) atoms. The van der Waals surface area contributed by atoms with E-state index in [1.807, 2.05) is 0 Å². The van der Waals surface area contributed by atoms with Crippen molar-refractivity contribution in [1.82, 2.24) is 0 Å². The lowest BCUT2D eigenvalue weighted by Gasteiger charge is -2.14. The Labute approximate surface area is 145 Å². The van der Waals surface area contributed by atoms with Crippen LogP contribution in [0.25, 0.3) is 6.08 Å². The van der Waals surface area contributed by atoms with Gasteiger partial charge in [0.05, 0.1) is 20.6 Å². The zero-order valence-electron chi connectivity index (χ0n) is 14.3. The van der Waals surface area contributed by atoms with E-state index in [1.165, 1.54) is 33.3 Å². The molecule has 0 aliphatic heterocycles. The number of hydrogen-bond donors (Lipinski definition) is 1. The van der Waals surface area contributed by atoms with E-state index in [-0.39, 0.29) is 41.4 Å². The minimum absolute atomic E-state index is 0.0889. The summed E-state index contributed by atoms with van der Waals surface area (Å²) in [5.74, 6) is -1.39. The standard InChI is InChI=1S/C18H20O7/c1-11(2)18(22)25-17-14(23-3)9-12(10-15(17)24-4)5-6-13(19)7-8-16(20)21/h5-6,9-10H,1,7-8H2,2-4H3,(H,20,21). The maximum Gasteiger partial charge on any atom is 0.338 e. The summed E-state index contributed by atoms with van der Waals surface area (Å²) < 4.78 is 15.6. The fraction of sp³-hybridized carbons (Fsp3) is 0.278. The van der Waals surface area contributed by atoms with Crippen molar-refractivity contribution < 1.29 is 33.7 Å². The van der Waals surface area contributed by atoms with E-state index in [4.69, 9.17) is 19.3 Å². The summed E-state index contributed by atoms with van der Waals surface area (Å²) in [7, 11) is 2.80. The second-order valence-electron chi connectivity index (χ2n) is 5.12. The van der Waals surface area contributed by atoms with Crippen LogP contribution in [0.2, 0.25) is 0 Å². The number of aliphatic carboxylic acids is 1. The average molecular weight is 348 g/mol. The van der Waals surface area contributed by atoms with E-state index in [1.54, 1.807) is 12.1 Å². The summed E-state index contributed by atoms with van der Waals surface area (Å²) in [6.07, 6.45) is 2.45. The number of benzene rings is 1. The quantitative estimate of drug-likeness (QED) is 0.416. The number of esters is 1. The second-order valence-corrected chi connectivity index (χ2v) is 5.12. The Bertz CT molecular complexity index is 691. The van der Waals surface area contributed by atoms with Crippen molar-refractivity contribution in [2.75, 3.05) is 14.2 Å². The van der Waals surface area contributed by atoms with Gasteiger partial charge in [0, 0.05) is 12.0 Å². The average Bonchev–Trinajstić information content (AvgIpc) is 2.58. The highest BCUT2D eigenvalue weighted by molar-refractivity contribution is 5.95. The first-order chi connectivity index (χ1) is 11.8. The normalized spacial score (nSPS) is 10.4. The number of methoxy groups -OCH3 is 2. The molecule has 0 atom stereocenters. The Morgan fingerprint density at radius 1 is 1.12 bits per heavy atom. The van der Waals surface area contributed by atoms with E-state index in [0.29, 0.717) is 5.56 Å². The van der Waals surface area contributed by atoms with Gasteiger partial charge in [0.1, 0.15) is 0 Å². The number of ether oxygens (including phenoxy) is 3. The molecule has 7 heteroatoms. The van der Waals surface area contributed by atoms with Gasteiger partial charge < -0.3 is 19.3 Å². The minimum atomic E-state index is -1.03. The molecule has 7 nitrogen and oxygen atoms in total. The molecule has 0 amide bonds. The third-order valence-electron chi connectivity index (χ3n) is 3.07. The molecule has 1 aromatic rings. The molecule has 0 aliphatic carbocycles. The lowest BCUT2D eigenvalue weighted by atomic mass is 10.1. The number of carboxylic acid groups (broad SMARTS) is 1. The lowest BCUT2D eigenvalue weighted by molar-refractivity contribution is -0.138. The Morgan fingerprint density at radius 2 is 1.68 bits per heavy atom. The maximum absolute atomic E-state index is 11.7. The van der Waals surface area contributed by atoms with E-state index in [9.17, 15) is 14.4 Å². The van der Waals surface area contributed by atoms with Gasteiger partial charge >= 0.3 is 11.9 Å². The van der Waals surface area contributed by atoms with Crippen LogP contribution in [-0.2, 0) is 14.4 Å². The summed E-state index contributed by atoms with van der Waals surface area (Å²) in [5.41, 5.74) is 0.782. The number of allylic oxidation sites excluding steroid dienone is 1. The van der Waals surface area contributed by atoms with E-state index < -0.39 is 11.9 Å². The van der Waals surface area contributed by atoms with Crippen molar-refractivity contribution in [3.63, 3.8) is 0 Å². The van der Waals surface area contributed by atoms with Crippen LogP contribution in [0.5, 0.6) is 17.2 Å². The van der Waals surface area contributed by atoms with Crippen LogP contribution in [0.4, 0.5) is 0 Å². The fourth-order valence-electron chi connectivity index (χ4n) is 1.78. The predicted molar refractivity (Wildman–Crippen MR) is 90.9 cm³/mol. The van der Waals surface area contributed by atoms with Gasteiger partial charge in [0.15, 0.2) is 17.3 Å². The topological polar surface area (TPSA) is 99.1 Å². The Balaban J connectivity index is 3.07. The van der Waals surface area contributed by atoms with Crippen LogP contribution in [0.15, 0.2) is 30.4 Å². The molecule has 0 heterocycles. The molecule has 0 saturated carbocycles. The van der Waals surface area contributed by atoms with Gasteiger partial charge in [-0.15, -0.1) is 0 Å². The van der Waals surface area contributed by atoms with Crippen molar-refractivity contribution >= 4 is 23.8 Å². The molecule has 0 bridgehead atoms. The van der Waals surface area contributed by atoms with Gasteiger partial charge in [0.25, 0.3) is 0 Å². The van der Waals surface area contributed by atoms with Crippen LogP contribution in [0.3, 0.4) is 0 Å². The predicted octanol–water partition coefficient (Wildman–Crippen LogP) is 2.63.